The van der Waals surface area contributed by atoms with E-state index in [0.717, 1.165) is 0 Å². The molecule has 7 heteroatoms. The lowest BCUT2D eigenvalue weighted by atomic mass is 10.3. The van der Waals surface area contributed by atoms with Crippen LogP contribution in [0.1, 0.15) is 32.7 Å². The van der Waals surface area contributed by atoms with Crippen molar-refractivity contribution >= 4 is 15.7 Å². The Balaban J connectivity index is 2.57. The third kappa shape index (κ3) is 4.74. The summed E-state index contributed by atoms with van der Waals surface area (Å²) in [5.74, 6) is 0.0943. The number of nitrogens with two attached hydrogens (primary N) is 1. The summed E-state index contributed by atoms with van der Waals surface area (Å²) in [4.78, 5) is 0. The number of hydrogen-bond donors (Lipinski definition) is 2. The highest BCUT2D eigenvalue weighted by Gasteiger charge is 2.11. The summed E-state index contributed by atoms with van der Waals surface area (Å²) < 4.78 is 27.5. The Hall–Kier alpha value is -1.08. The second-order valence-corrected chi connectivity index (χ2v) is 6.06. The summed E-state index contributed by atoms with van der Waals surface area (Å²) in [5.41, 5.74) is 5.82. The molecule has 98 valence electrons. The number of rotatable bonds is 7. The van der Waals surface area contributed by atoms with Crippen LogP contribution in [0.4, 0.5) is 5.69 Å². The molecule has 1 aromatic rings. The fourth-order valence-corrected chi connectivity index (χ4v) is 2.49. The van der Waals surface area contributed by atoms with Crippen LogP contribution in [0.15, 0.2) is 12.4 Å². The molecule has 0 bridgehead atoms. The molecule has 17 heavy (non-hydrogen) atoms. The number of unbranched alkanes of at least 4 members (excludes halogenated alkanes) is 1. The molecule has 0 aromatic carbocycles. The first kappa shape index (κ1) is 14.0. The van der Waals surface area contributed by atoms with Gasteiger partial charge < -0.3 is 5.73 Å². The van der Waals surface area contributed by atoms with Crippen molar-refractivity contribution in [1.29, 1.82) is 0 Å². The van der Waals surface area contributed by atoms with Gasteiger partial charge in [-0.05, 0) is 33.2 Å². The minimum Gasteiger partial charge on any atom is -0.330 e. The van der Waals surface area contributed by atoms with Crippen LogP contribution in [-0.4, -0.2) is 30.5 Å². The van der Waals surface area contributed by atoms with Crippen molar-refractivity contribution in [3.63, 3.8) is 0 Å². The molecule has 0 aliphatic rings. The molecule has 0 spiro atoms. The zero-order valence-corrected chi connectivity index (χ0v) is 11.1. The van der Waals surface area contributed by atoms with Crippen LogP contribution >= 0.6 is 0 Å². The van der Waals surface area contributed by atoms with Crippen molar-refractivity contribution in [3.05, 3.63) is 12.4 Å². The van der Waals surface area contributed by atoms with E-state index in [1.165, 1.54) is 6.20 Å². The first-order valence-corrected chi connectivity index (χ1v) is 7.34. The molecular weight excluding hydrogens is 240 g/mol. The molecule has 0 atom stereocenters. The van der Waals surface area contributed by atoms with Crippen molar-refractivity contribution in [1.82, 2.24) is 9.78 Å². The molecule has 0 saturated carbocycles. The maximum Gasteiger partial charge on any atom is 0.232 e. The molecule has 1 heterocycles. The summed E-state index contributed by atoms with van der Waals surface area (Å²) in [6, 6.07) is 0.213. The molecule has 1 rings (SSSR count). The molecule has 0 fully saturated rings. The van der Waals surface area contributed by atoms with Gasteiger partial charge in [-0.25, -0.2) is 8.42 Å². The van der Waals surface area contributed by atoms with Gasteiger partial charge in [0.15, 0.2) is 0 Å². The van der Waals surface area contributed by atoms with E-state index in [2.05, 4.69) is 9.82 Å². The van der Waals surface area contributed by atoms with Crippen LogP contribution in [0.2, 0.25) is 0 Å². The third-order valence-corrected chi connectivity index (χ3v) is 3.64. The van der Waals surface area contributed by atoms with Gasteiger partial charge in [0.2, 0.25) is 10.0 Å². The number of sulfonamides is 1. The fraction of sp³-hybridized carbons (Fsp3) is 0.700. The van der Waals surface area contributed by atoms with Gasteiger partial charge in [0.05, 0.1) is 17.6 Å². The van der Waals surface area contributed by atoms with Crippen molar-refractivity contribution in [3.8, 4) is 0 Å². The van der Waals surface area contributed by atoms with E-state index in [9.17, 15) is 8.42 Å². The van der Waals surface area contributed by atoms with E-state index in [1.54, 1.807) is 10.9 Å². The first-order chi connectivity index (χ1) is 7.94. The van der Waals surface area contributed by atoms with E-state index < -0.39 is 10.0 Å². The number of nitrogens with zero attached hydrogens (tertiary/aromatic N) is 2. The van der Waals surface area contributed by atoms with Gasteiger partial charge in [-0.15, -0.1) is 0 Å². The second-order valence-electron chi connectivity index (χ2n) is 4.22. The maximum atomic E-state index is 11.7. The average molecular weight is 260 g/mol. The van der Waals surface area contributed by atoms with Crippen LogP contribution in [0.5, 0.6) is 0 Å². The molecule has 0 aliphatic heterocycles. The average Bonchev–Trinajstić information content (AvgIpc) is 2.65. The topological polar surface area (TPSA) is 90.0 Å². The predicted molar refractivity (Wildman–Crippen MR) is 68.3 cm³/mol. The Kier molecular flexibility index (Phi) is 4.95. The molecule has 0 amide bonds. The molecule has 0 aliphatic carbocycles. The van der Waals surface area contributed by atoms with Gasteiger partial charge in [0.25, 0.3) is 0 Å². The summed E-state index contributed by atoms with van der Waals surface area (Å²) in [5, 5.41) is 4.07. The Morgan fingerprint density at radius 3 is 2.71 bits per heavy atom. The van der Waals surface area contributed by atoms with Gasteiger partial charge in [-0.1, -0.05) is 0 Å². The molecular formula is C10H20N4O2S. The molecule has 0 saturated heterocycles. The molecule has 0 radical (unpaired) electrons. The van der Waals surface area contributed by atoms with Gasteiger partial charge in [0.1, 0.15) is 0 Å². The van der Waals surface area contributed by atoms with Crippen molar-refractivity contribution in [2.45, 2.75) is 32.7 Å². The van der Waals surface area contributed by atoms with Crippen LogP contribution in [0.3, 0.4) is 0 Å². The van der Waals surface area contributed by atoms with E-state index in [1.807, 2.05) is 13.8 Å². The molecule has 3 N–H and O–H groups in total. The normalized spacial score (nSPS) is 12.0. The van der Waals surface area contributed by atoms with Gasteiger partial charge in [-0.2, -0.15) is 5.10 Å². The van der Waals surface area contributed by atoms with Crippen molar-refractivity contribution in [2.75, 3.05) is 17.0 Å². The summed E-state index contributed by atoms with van der Waals surface area (Å²) in [6.07, 6.45) is 4.49. The van der Waals surface area contributed by atoms with Gasteiger partial charge in [-0.3, -0.25) is 9.40 Å². The Labute approximate surface area is 102 Å². The zero-order chi connectivity index (χ0) is 12.9. The lowest BCUT2D eigenvalue weighted by Gasteiger charge is -2.05. The van der Waals surface area contributed by atoms with Crippen LogP contribution in [0.25, 0.3) is 0 Å². The maximum absolute atomic E-state index is 11.7. The monoisotopic (exact) mass is 260 g/mol. The number of anilines is 1. The van der Waals surface area contributed by atoms with Crippen molar-refractivity contribution < 1.29 is 8.42 Å². The minimum atomic E-state index is -3.28. The summed E-state index contributed by atoms with van der Waals surface area (Å²) in [6.45, 7) is 4.47. The quantitative estimate of drug-likeness (QED) is 0.714. The van der Waals surface area contributed by atoms with E-state index in [4.69, 9.17) is 5.73 Å². The highest BCUT2D eigenvalue weighted by atomic mass is 32.2. The van der Waals surface area contributed by atoms with Gasteiger partial charge in [0, 0.05) is 12.2 Å². The van der Waals surface area contributed by atoms with Crippen LogP contribution < -0.4 is 10.5 Å². The van der Waals surface area contributed by atoms with E-state index in [-0.39, 0.29) is 11.8 Å². The highest BCUT2D eigenvalue weighted by Crippen LogP contribution is 2.12. The summed E-state index contributed by atoms with van der Waals surface area (Å²) >= 11 is 0. The summed E-state index contributed by atoms with van der Waals surface area (Å²) in [7, 11) is -3.28. The lowest BCUT2D eigenvalue weighted by molar-refractivity contribution is 0.532. The van der Waals surface area contributed by atoms with E-state index >= 15 is 0 Å². The molecule has 1 aromatic heterocycles. The van der Waals surface area contributed by atoms with Gasteiger partial charge >= 0.3 is 0 Å². The minimum absolute atomic E-state index is 0.0943. The number of hydrogen-bond acceptors (Lipinski definition) is 4. The van der Waals surface area contributed by atoms with E-state index in [0.29, 0.717) is 25.1 Å². The zero-order valence-electron chi connectivity index (χ0n) is 10.3. The fourth-order valence-electron chi connectivity index (χ4n) is 1.34. The number of nitrogens with one attached hydrogen (secondary N) is 1. The largest absolute Gasteiger partial charge is 0.330 e. The predicted octanol–water partition coefficient (Wildman–Crippen LogP) is 0.945. The first-order valence-electron chi connectivity index (χ1n) is 5.69. The SMILES string of the molecule is CC(C)n1cc(NS(=O)(=O)CCCCN)cn1. The Morgan fingerprint density at radius 2 is 2.18 bits per heavy atom. The second kappa shape index (κ2) is 6.02. The number of aromatic nitrogens is 2. The Bertz CT molecular complexity index is 439. The van der Waals surface area contributed by atoms with Crippen LogP contribution in [-0.2, 0) is 10.0 Å². The van der Waals surface area contributed by atoms with Crippen molar-refractivity contribution in [2.24, 2.45) is 5.73 Å². The molecule has 0 unspecified atom stereocenters. The van der Waals surface area contributed by atoms with Crippen LogP contribution in [0, 0.1) is 0 Å². The lowest BCUT2D eigenvalue weighted by Crippen LogP contribution is -2.17. The smallest absolute Gasteiger partial charge is 0.232 e. The molecule has 6 nitrogen and oxygen atoms in total. The highest BCUT2D eigenvalue weighted by molar-refractivity contribution is 7.92. The standard InChI is InChI=1S/C10H20N4O2S/c1-9(2)14-8-10(7-12-14)13-17(15,16)6-4-3-5-11/h7-9,13H,3-6,11H2,1-2H3. The Morgan fingerprint density at radius 1 is 1.47 bits per heavy atom. The third-order valence-electron chi connectivity index (χ3n) is 2.27.